The molecule has 2 aliphatic heterocycles. The van der Waals surface area contributed by atoms with E-state index in [1.165, 1.54) is 103 Å². The van der Waals surface area contributed by atoms with E-state index < -0.39 is 0 Å². The first-order valence-electron chi connectivity index (χ1n) is 19.8. The normalized spacial score (nSPS) is 20.4. The van der Waals surface area contributed by atoms with Crippen LogP contribution in [-0.2, 0) is 0 Å². The number of anilines is 3. The molecule has 0 spiro atoms. The fraction of sp³-hybridized carbons (Fsp3) is 0.900. The van der Waals surface area contributed by atoms with E-state index >= 15 is 0 Å². The van der Waals surface area contributed by atoms with Gasteiger partial charge in [-0.25, -0.2) is 0 Å². The minimum absolute atomic E-state index is 0.0314. The molecule has 0 atom stereocenters. The molecule has 0 radical (unpaired) electrons. The van der Waals surface area contributed by atoms with Gasteiger partial charge in [0, 0.05) is 28.7 Å². The predicted octanol–water partition coefficient (Wildman–Crippen LogP) is 11.3. The number of aliphatic imine (C=N–C) groups is 1. The van der Waals surface area contributed by atoms with Crippen LogP contribution in [0.5, 0.6) is 0 Å². The number of unbranched alkanes of at least 4 members (excludes halogenated alkanes) is 15. The number of nitrogens with one attached hydrogen (secondary N) is 1. The summed E-state index contributed by atoms with van der Waals surface area (Å²) in [4.78, 5) is 24.9. The van der Waals surface area contributed by atoms with Gasteiger partial charge in [-0.3, -0.25) is 4.99 Å². The minimum atomic E-state index is -0.162. The molecule has 3 rings (SSSR count). The Morgan fingerprint density at radius 2 is 0.979 bits per heavy atom. The Labute approximate surface area is 291 Å². The lowest BCUT2D eigenvalue weighted by atomic mass is 9.77. The fourth-order valence-corrected chi connectivity index (χ4v) is 8.94. The summed E-state index contributed by atoms with van der Waals surface area (Å²) in [5.41, 5.74) is -0.388. The molecular weight excluding hydrogens is 578 g/mol. The van der Waals surface area contributed by atoms with Gasteiger partial charge in [0.25, 0.3) is 0 Å². The average Bonchev–Trinajstić information content (AvgIpc) is 2.96. The van der Waals surface area contributed by atoms with Crippen LogP contribution in [0.15, 0.2) is 4.99 Å². The van der Waals surface area contributed by atoms with Crippen molar-refractivity contribution in [3.8, 4) is 0 Å². The Bertz CT molecular complexity index is 1030. The number of rotatable bonds is 21. The maximum atomic E-state index is 5.28. The van der Waals surface area contributed by atoms with Crippen LogP contribution < -0.4 is 15.1 Å². The molecule has 2 saturated heterocycles. The van der Waals surface area contributed by atoms with Crippen molar-refractivity contribution in [1.82, 2.24) is 15.0 Å². The van der Waals surface area contributed by atoms with Crippen molar-refractivity contribution in [3.05, 3.63) is 0 Å². The van der Waals surface area contributed by atoms with Gasteiger partial charge in [-0.05, 0) is 101 Å². The average molecular weight is 654 g/mol. The van der Waals surface area contributed by atoms with E-state index in [1.807, 2.05) is 0 Å². The van der Waals surface area contributed by atoms with E-state index in [1.54, 1.807) is 0 Å². The highest BCUT2D eigenvalue weighted by molar-refractivity contribution is 5.52. The molecule has 0 aromatic carbocycles. The second kappa shape index (κ2) is 18.2. The molecule has 0 unspecified atom stereocenters. The first-order valence-corrected chi connectivity index (χ1v) is 19.8. The van der Waals surface area contributed by atoms with Crippen LogP contribution in [0.25, 0.3) is 0 Å². The van der Waals surface area contributed by atoms with Gasteiger partial charge in [0.1, 0.15) is 0 Å². The molecule has 0 aliphatic carbocycles. The van der Waals surface area contributed by atoms with Crippen LogP contribution in [0.4, 0.5) is 17.8 Å². The molecule has 270 valence electrons. The molecule has 0 bridgehead atoms. The van der Waals surface area contributed by atoms with Crippen molar-refractivity contribution in [2.75, 3.05) is 21.7 Å². The largest absolute Gasteiger partial charge is 0.354 e. The fourth-order valence-electron chi connectivity index (χ4n) is 8.94. The molecule has 7 heteroatoms. The lowest BCUT2D eigenvalue weighted by Gasteiger charge is -2.55. The standard InChI is InChI=1S/C40H75N7/c1-11-12-13-14-15-16-17-18-19-20-21-22-23-24-25-26-30-42-34-43-35(46-37(2,3)28-27-29-38(46,4)5)45-36(44-34)47-39(6,7)31-33(41-10)32-40(47,8)9/h33H,10-32H2,1-9H3,(H,42,43,44,45). The number of hydrogen-bond donors (Lipinski definition) is 1. The monoisotopic (exact) mass is 654 g/mol. The molecular formula is C40H75N7. The zero-order chi connectivity index (χ0) is 34.6. The Morgan fingerprint density at radius 3 is 1.38 bits per heavy atom. The van der Waals surface area contributed by atoms with Crippen LogP contribution in [0.1, 0.15) is 197 Å². The van der Waals surface area contributed by atoms with Crippen molar-refractivity contribution in [3.63, 3.8) is 0 Å². The third-order valence-corrected chi connectivity index (χ3v) is 11.1. The topological polar surface area (TPSA) is 69.5 Å². The molecule has 3 heterocycles. The summed E-state index contributed by atoms with van der Waals surface area (Å²) in [5, 5.41) is 3.64. The van der Waals surface area contributed by atoms with Gasteiger partial charge in [0.15, 0.2) is 0 Å². The van der Waals surface area contributed by atoms with E-state index in [0.717, 1.165) is 50.5 Å². The Balaban J connectivity index is 1.55. The molecule has 0 saturated carbocycles. The highest BCUT2D eigenvalue weighted by Crippen LogP contribution is 2.44. The zero-order valence-electron chi connectivity index (χ0n) is 32.5. The highest BCUT2D eigenvalue weighted by Gasteiger charge is 2.48. The third-order valence-electron chi connectivity index (χ3n) is 11.1. The summed E-state index contributed by atoms with van der Waals surface area (Å²) in [5.74, 6) is 2.28. The lowest BCUT2D eigenvalue weighted by Crippen LogP contribution is -2.63. The minimum Gasteiger partial charge on any atom is -0.354 e. The maximum Gasteiger partial charge on any atom is 0.232 e. The van der Waals surface area contributed by atoms with Gasteiger partial charge in [-0.15, -0.1) is 0 Å². The van der Waals surface area contributed by atoms with Crippen molar-refractivity contribution in [2.45, 2.75) is 225 Å². The van der Waals surface area contributed by atoms with Crippen LogP contribution in [0.2, 0.25) is 0 Å². The van der Waals surface area contributed by atoms with Crippen LogP contribution in [0.3, 0.4) is 0 Å². The molecule has 1 aromatic heterocycles. The van der Waals surface area contributed by atoms with E-state index in [0.29, 0.717) is 5.95 Å². The van der Waals surface area contributed by atoms with E-state index in [2.05, 4.69) is 89.1 Å². The number of hydrogen-bond acceptors (Lipinski definition) is 7. The van der Waals surface area contributed by atoms with Crippen LogP contribution >= 0.6 is 0 Å². The number of nitrogens with zero attached hydrogens (tertiary/aromatic N) is 6. The van der Waals surface area contributed by atoms with Gasteiger partial charge < -0.3 is 15.1 Å². The summed E-state index contributed by atoms with van der Waals surface area (Å²) < 4.78 is 0. The molecule has 2 aliphatic rings. The lowest BCUT2D eigenvalue weighted by molar-refractivity contribution is 0.216. The molecule has 2 fully saturated rings. The van der Waals surface area contributed by atoms with Crippen LogP contribution in [-0.4, -0.2) is 56.4 Å². The van der Waals surface area contributed by atoms with Gasteiger partial charge in [0.2, 0.25) is 17.8 Å². The van der Waals surface area contributed by atoms with Gasteiger partial charge in [-0.1, -0.05) is 103 Å². The highest BCUT2D eigenvalue weighted by atomic mass is 15.4. The van der Waals surface area contributed by atoms with Gasteiger partial charge in [-0.2, -0.15) is 15.0 Å². The summed E-state index contributed by atoms with van der Waals surface area (Å²) in [6.45, 7) is 25.7. The molecule has 47 heavy (non-hydrogen) atoms. The third kappa shape index (κ3) is 11.9. The first kappa shape index (κ1) is 39.5. The zero-order valence-corrected chi connectivity index (χ0v) is 32.5. The molecule has 1 aromatic rings. The summed E-state index contributed by atoms with van der Waals surface area (Å²) in [6, 6.07) is 0.241. The van der Waals surface area contributed by atoms with Gasteiger partial charge >= 0.3 is 0 Å². The van der Waals surface area contributed by atoms with E-state index in [-0.39, 0.29) is 28.2 Å². The SMILES string of the molecule is C=NC1CC(C)(C)N(c2nc(NCCCCCCCCCCCCCCCCCC)nc(N3C(C)(C)CCCC3(C)C)n2)C(C)(C)C1. The molecule has 7 nitrogen and oxygen atoms in total. The number of piperidine rings is 2. The van der Waals surface area contributed by atoms with Crippen molar-refractivity contribution in [1.29, 1.82) is 0 Å². The van der Waals surface area contributed by atoms with E-state index in [9.17, 15) is 0 Å². The summed E-state index contributed by atoms with van der Waals surface area (Å²) in [6.07, 6.45) is 27.5. The maximum absolute atomic E-state index is 5.28. The smallest absolute Gasteiger partial charge is 0.232 e. The Morgan fingerprint density at radius 1 is 0.596 bits per heavy atom. The summed E-state index contributed by atoms with van der Waals surface area (Å²) in [7, 11) is 0. The van der Waals surface area contributed by atoms with Crippen LogP contribution in [0, 0.1) is 0 Å². The number of aromatic nitrogens is 3. The van der Waals surface area contributed by atoms with Crippen molar-refractivity contribution >= 4 is 24.6 Å². The molecule has 1 N–H and O–H groups in total. The Hall–Kier alpha value is -1.92. The summed E-state index contributed by atoms with van der Waals surface area (Å²) >= 11 is 0. The van der Waals surface area contributed by atoms with Crippen molar-refractivity contribution in [2.24, 2.45) is 4.99 Å². The van der Waals surface area contributed by atoms with E-state index in [4.69, 9.17) is 15.0 Å². The second-order valence-corrected chi connectivity index (χ2v) is 17.5. The Kier molecular flexibility index (Phi) is 15.3. The quantitative estimate of drug-likeness (QED) is 0.105. The molecule has 0 amide bonds. The predicted molar refractivity (Wildman–Crippen MR) is 206 cm³/mol. The first-order chi connectivity index (χ1) is 22.2. The van der Waals surface area contributed by atoms with Gasteiger partial charge in [0.05, 0.1) is 6.04 Å². The second-order valence-electron chi connectivity index (χ2n) is 17.5. The van der Waals surface area contributed by atoms with Crippen molar-refractivity contribution < 1.29 is 0 Å².